The van der Waals surface area contributed by atoms with Crippen molar-refractivity contribution < 1.29 is 4.74 Å². The zero-order valence-electron chi connectivity index (χ0n) is 10.1. The molecule has 2 saturated heterocycles. The van der Waals surface area contributed by atoms with Gasteiger partial charge in [0.2, 0.25) is 0 Å². The van der Waals surface area contributed by atoms with E-state index in [0.717, 1.165) is 17.5 Å². The topological polar surface area (TPSA) is 12.5 Å². The smallest absolute Gasteiger partial charge is 0.111 e. The lowest BCUT2D eigenvalue weighted by Crippen LogP contribution is -2.39. The second-order valence-corrected chi connectivity index (χ2v) is 6.06. The molecular weight excluding hydrogens is 278 g/mol. The van der Waals surface area contributed by atoms with Gasteiger partial charge >= 0.3 is 0 Å². The van der Waals surface area contributed by atoms with Crippen LogP contribution in [0.3, 0.4) is 0 Å². The van der Waals surface area contributed by atoms with Crippen molar-refractivity contribution in [1.82, 2.24) is 4.90 Å². The molecule has 2 heterocycles. The zero-order valence-corrected chi connectivity index (χ0v) is 11.7. The van der Waals surface area contributed by atoms with E-state index in [1.807, 2.05) is 0 Å². The Morgan fingerprint density at radius 2 is 2.12 bits per heavy atom. The van der Waals surface area contributed by atoms with Gasteiger partial charge in [0.25, 0.3) is 0 Å². The largest absolute Gasteiger partial charge is 0.361 e. The molecule has 1 aromatic rings. The van der Waals surface area contributed by atoms with Crippen LogP contribution in [0.15, 0.2) is 28.7 Å². The Balaban J connectivity index is 1.67. The van der Waals surface area contributed by atoms with Crippen molar-refractivity contribution >= 4 is 15.9 Å². The number of benzene rings is 1. The van der Waals surface area contributed by atoms with Crippen LogP contribution in [0.1, 0.15) is 25.3 Å². The summed E-state index contributed by atoms with van der Waals surface area (Å²) in [5.74, 6) is 0. The number of halogens is 1. The first kappa shape index (κ1) is 11.7. The summed E-state index contributed by atoms with van der Waals surface area (Å²) in [6.45, 7) is 3.26. The van der Waals surface area contributed by atoms with Crippen LogP contribution in [-0.2, 0) is 11.2 Å². The fourth-order valence-electron chi connectivity index (χ4n) is 3.14. The van der Waals surface area contributed by atoms with E-state index in [0.29, 0.717) is 18.3 Å². The van der Waals surface area contributed by atoms with Gasteiger partial charge in [-0.3, -0.25) is 4.90 Å². The van der Waals surface area contributed by atoms with E-state index >= 15 is 0 Å². The molecule has 0 aromatic heterocycles. The minimum absolute atomic E-state index is 0.394. The van der Waals surface area contributed by atoms with Crippen LogP contribution < -0.4 is 0 Å². The predicted octanol–water partition coefficient (Wildman–Crippen LogP) is 3.20. The maximum atomic E-state index is 5.76. The van der Waals surface area contributed by atoms with Crippen LogP contribution in [0.25, 0.3) is 0 Å². The first-order valence-corrected chi connectivity index (χ1v) is 7.17. The highest BCUT2D eigenvalue weighted by molar-refractivity contribution is 9.10. The number of hydrogen-bond donors (Lipinski definition) is 0. The Kier molecular flexibility index (Phi) is 3.24. The van der Waals surface area contributed by atoms with E-state index in [1.165, 1.54) is 18.4 Å². The van der Waals surface area contributed by atoms with E-state index in [-0.39, 0.29) is 0 Å². The number of hydrogen-bond acceptors (Lipinski definition) is 2. The molecule has 3 atom stereocenters. The molecule has 0 spiro atoms. The van der Waals surface area contributed by atoms with Crippen molar-refractivity contribution in [2.45, 2.75) is 44.5 Å². The van der Waals surface area contributed by atoms with E-state index < -0.39 is 0 Å². The molecule has 2 fully saturated rings. The number of rotatable bonds is 3. The summed E-state index contributed by atoms with van der Waals surface area (Å²) in [7, 11) is 0. The molecule has 2 aliphatic rings. The zero-order chi connectivity index (χ0) is 11.8. The third-order valence-corrected chi connectivity index (χ3v) is 4.46. The standard InChI is InChI=1S/C14H18BrNO/c1-10(8-11-2-4-12(15)5-3-11)16-13-6-7-14(16)17-9-13/h2-5,10,13-14H,6-9H2,1H3. The van der Waals surface area contributed by atoms with E-state index in [1.54, 1.807) is 0 Å². The molecule has 1 aromatic carbocycles. The summed E-state index contributed by atoms with van der Waals surface area (Å²) in [4.78, 5) is 2.57. The molecule has 0 aliphatic carbocycles. The van der Waals surface area contributed by atoms with E-state index in [4.69, 9.17) is 4.74 Å². The Morgan fingerprint density at radius 1 is 1.35 bits per heavy atom. The lowest BCUT2D eigenvalue weighted by molar-refractivity contribution is 0.0235. The molecule has 3 rings (SSSR count). The van der Waals surface area contributed by atoms with Crippen molar-refractivity contribution in [3.63, 3.8) is 0 Å². The monoisotopic (exact) mass is 295 g/mol. The normalized spacial score (nSPS) is 29.8. The van der Waals surface area contributed by atoms with Gasteiger partial charge in [-0.25, -0.2) is 0 Å². The van der Waals surface area contributed by atoms with Crippen molar-refractivity contribution in [3.05, 3.63) is 34.3 Å². The van der Waals surface area contributed by atoms with E-state index in [2.05, 4.69) is 52.0 Å². The first-order chi connectivity index (χ1) is 8.24. The fraction of sp³-hybridized carbons (Fsp3) is 0.571. The highest BCUT2D eigenvalue weighted by atomic mass is 79.9. The molecule has 0 N–H and O–H groups in total. The molecule has 92 valence electrons. The van der Waals surface area contributed by atoms with Crippen LogP contribution in [0.5, 0.6) is 0 Å². The lowest BCUT2D eigenvalue weighted by Gasteiger charge is -2.27. The van der Waals surface area contributed by atoms with Crippen molar-refractivity contribution in [2.24, 2.45) is 0 Å². The Labute approximate surface area is 111 Å². The third-order valence-electron chi connectivity index (χ3n) is 3.94. The minimum atomic E-state index is 0.394. The summed E-state index contributed by atoms with van der Waals surface area (Å²) in [6, 6.07) is 9.91. The maximum absolute atomic E-state index is 5.76. The van der Waals surface area contributed by atoms with Crippen LogP contribution in [0.4, 0.5) is 0 Å². The molecule has 0 saturated carbocycles. The van der Waals surface area contributed by atoms with Gasteiger partial charge < -0.3 is 4.74 Å². The summed E-state index contributed by atoms with van der Waals surface area (Å²) in [5.41, 5.74) is 1.41. The van der Waals surface area contributed by atoms with Gasteiger partial charge in [-0.15, -0.1) is 0 Å². The van der Waals surface area contributed by atoms with Gasteiger partial charge in [0, 0.05) is 16.6 Å². The third kappa shape index (κ3) is 2.28. The number of ether oxygens (including phenoxy) is 1. The van der Waals surface area contributed by atoms with Crippen LogP contribution >= 0.6 is 15.9 Å². The second-order valence-electron chi connectivity index (χ2n) is 5.15. The molecule has 0 radical (unpaired) electrons. The average Bonchev–Trinajstić information content (AvgIpc) is 2.91. The predicted molar refractivity (Wildman–Crippen MR) is 71.9 cm³/mol. The first-order valence-electron chi connectivity index (χ1n) is 6.37. The Hall–Kier alpha value is -0.380. The Bertz CT molecular complexity index is 372. The second kappa shape index (κ2) is 4.71. The SMILES string of the molecule is CC(Cc1ccc(Br)cc1)N1C2CCC1OC2. The molecule has 0 amide bonds. The molecule has 3 heteroatoms. The number of fused-ring (bicyclic) bond motifs is 2. The molecule has 2 bridgehead atoms. The van der Waals surface area contributed by atoms with Crippen molar-refractivity contribution in [3.8, 4) is 0 Å². The lowest BCUT2D eigenvalue weighted by atomic mass is 10.1. The van der Waals surface area contributed by atoms with Crippen LogP contribution in [0, 0.1) is 0 Å². The van der Waals surface area contributed by atoms with Gasteiger partial charge in [-0.2, -0.15) is 0 Å². The van der Waals surface area contributed by atoms with Crippen LogP contribution in [0.2, 0.25) is 0 Å². The van der Waals surface area contributed by atoms with Crippen LogP contribution in [-0.4, -0.2) is 29.8 Å². The van der Waals surface area contributed by atoms with Gasteiger partial charge in [0.1, 0.15) is 6.23 Å². The highest BCUT2D eigenvalue weighted by Gasteiger charge is 2.42. The van der Waals surface area contributed by atoms with Gasteiger partial charge in [0.05, 0.1) is 6.61 Å². The summed E-state index contributed by atoms with van der Waals surface area (Å²) in [6.07, 6.45) is 4.04. The fourth-order valence-corrected chi connectivity index (χ4v) is 3.40. The molecule has 2 nitrogen and oxygen atoms in total. The van der Waals surface area contributed by atoms with Gasteiger partial charge in [0.15, 0.2) is 0 Å². The highest BCUT2D eigenvalue weighted by Crippen LogP contribution is 2.34. The van der Waals surface area contributed by atoms with Gasteiger partial charge in [-0.05, 0) is 43.9 Å². The quantitative estimate of drug-likeness (QED) is 0.849. The van der Waals surface area contributed by atoms with Crippen molar-refractivity contribution in [1.29, 1.82) is 0 Å². The van der Waals surface area contributed by atoms with Crippen molar-refractivity contribution in [2.75, 3.05) is 6.61 Å². The average molecular weight is 296 g/mol. The maximum Gasteiger partial charge on any atom is 0.111 e. The van der Waals surface area contributed by atoms with E-state index in [9.17, 15) is 0 Å². The summed E-state index contributed by atoms with van der Waals surface area (Å²) >= 11 is 3.48. The molecule has 3 unspecified atom stereocenters. The van der Waals surface area contributed by atoms with Gasteiger partial charge in [-0.1, -0.05) is 28.1 Å². The minimum Gasteiger partial charge on any atom is -0.361 e. The summed E-state index contributed by atoms with van der Waals surface area (Å²) < 4.78 is 6.91. The molecular formula is C14H18BrNO. The number of nitrogens with zero attached hydrogens (tertiary/aromatic N) is 1. The summed E-state index contributed by atoms with van der Waals surface area (Å²) in [5, 5.41) is 0. The molecule has 17 heavy (non-hydrogen) atoms. The molecule has 2 aliphatic heterocycles. The Morgan fingerprint density at radius 3 is 2.65 bits per heavy atom.